The van der Waals surface area contributed by atoms with Crippen LogP contribution >= 0.6 is 27.7 Å². The maximum absolute atomic E-state index is 12.4. The van der Waals surface area contributed by atoms with Crippen LogP contribution in [0.1, 0.15) is 5.56 Å². The van der Waals surface area contributed by atoms with Gasteiger partial charge in [0.25, 0.3) is 0 Å². The Kier molecular flexibility index (Phi) is 6.52. The molecule has 2 aromatic rings. The summed E-state index contributed by atoms with van der Waals surface area (Å²) in [5.74, 6) is 0.977. The van der Waals surface area contributed by atoms with E-state index in [-0.39, 0.29) is 4.90 Å². The Hall–Kier alpha value is -1.02. The Morgan fingerprint density at radius 3 is 2.52 bits per heavy atom. The zero-order chi connectivity index (χ0) is 16.9. The van der Waals surface area contributed by atoms with Crippen LogP contribution in [0.25, 0.3) is 0 Å². The fourth-order valence-corrected chi connectivity index (χ4v) is 4.55. The standard InChI is InChI=1S/C16H18BrNO3S2/c1-12-3-6-14(7-4-12)22-10-9-18-23(19,20)16-11-13(17)5-8-15(16)21-2/h3-8,11,18H,9-10H2,1-2H3. The Labute approximate surface area is 149 Å². The topological polar surface area (TPSA) is 55.4 Å². The van der Waals surface area contributed by atoms with Gasteiger partial charge in [0.1, 0.15) is 10.6 Å². The minimum atomic E-state index is -3.61. The first-order valence-corrected chi connectivity index (χ1v) is 10.2. The van der Waals surface area contributed by atoms with Crippen molar-refractivity contribution < 1.29 is 13.2 Å². The summed E-state index contributed by atoms with van der Waals surface area (Å²) in [6.45, 7) is 2.38. The van der Waals surface area contributed by atoms with E-state index in [0.29, 0.717) is 22.5 Å². The van der Waals surface area contributed by atoms with Gasteiger partial charge in [0.05, 0.1) is 7.11 Å². The molecule has 23 heavy (non-hydrogen) atoms. The Bertz CT molecular complexity index is 761. The molecule has 0 aliphatic heterocycles. The van der Waals surface area contributed by atoms with Crippen molar-refractivity contribution in [2.24, 2.45) is 0 Å². The summed E-state index contributed by atoms with van der Waals surface area (Å²) >= 11 is 4.89. The predicted molar refractivity (Wildman–Crippen MR) is 97.8 cm³/mol. The van der Waals surface area contributed by atoms with Crippen molar-refractivity contribution in [3.8, 4) is 5.75 Å². The quantitative estimate of drug-likeness (QED) is 0.551. The van der Waals surface area contributed by atoms with Gasteiger partial charge in [-0.05, 0) is 37.3 Å². The van der Waals surface area contributed by atoms with Crippen LogP contribution in [0.4, 0.5) is 0 Å². The second kappa shape index (κ2) is 8.19. The molecule has 0 spiro atoms. The van der Waals surface area contributed by atoms with E-state index in [1.165, 1.54) is 18.7 Å². The molecule has 4 nitrogen and oxygen atoms in total. The smallest absolute Gasteiger partial charge is 0.244 e. The Balaban J connectivity index is 1.96. The lowest BCUT2D eigenvalue weighted by molar-refractivity contribution is 0.402. The lowest BCUT2D eigenvalue weighted by Gasteiger charge is -2.11. The van der Waals surface area contributed by atoms with Crippen molar-refractivity contribution >= 4 is 37.7 Å². The molecule has 0 unspecified atom stereocenters. The molecule has 0 aliphatic rings. The summed E-state index contributed by atoms with van der Waals surface area (Å²) in [6, 6.07) is 13.1. The second-order valence-corrected chi connectivity index (χ2v) is 8.67. The Morgan fingerprint density at radius 2 is 1.87 bits per heavy atom. The van der Waals surface area contributed by atoms with Crippen molar-refractivity contribution in [3.05, 3.63) is 52.5 Å². The number of hydrogen-bond donors (Lipinski definition) is 1. The van der Waals surface area contributed by atoms with Crippen molar-refractivity contribution in [1.82, 2.24) is 4.72 Å². The highest BCUT2D eigenvalue weighted by Crippen LogP contribution is 2.27. The number of hydrogen-bond acceptors (Lipinski definition) is 4. The Morgan fingerprint density at radius 1 is 1.17 bits per heavy atom. The first kappa shape index (κ1) is 18.3. The van der Waals surface area contributed by atoms with E-state index in [0.717, 1.165) is 4.90 Å². The number of sulfonamides is 1. The summed E-state index contributed by atoms with van der Waals surface area (Å²) in [4.78, 5) is 1.25. The fraction of sp³-hybridized carbons (Fsp3) is 0.250. The van der Waals surface area contributed by atoms with Gasteiger partial charge in [0.2, 0.25) is 10.0 Å². The molecule has 0 radical (unpaired) electrons. The van der Waals surface area contributed by atoms with Crippen molar-refractivity contribution in [2.75, 3.05) is 19.4 Å². The third kappa shape index (κ3) is 5.24. The van der Waals surface area contributed by atoms with E-state index < -0.39 is 10.0 Å². The lowest BCUT2D eigenvalue weighted by atomic mass is 10.2. The number of nitrogens with one attached hydrogen (secondary N) is 1. The SMILES string of the molecule is COc1ccc(Br)cc1S(=O)(=O)NCCSc1ccc(C)cc1. The average molecular weight is 416 g/mol. The molecule has 124 valence electrons. The van der Waals surface area contributed by atoms with Crippen LogP contribution in [0.15, 0.2) is 56.7 Å². The molecule has 7 heteroatoms. The number of halogens is 1. The van der Waals surface area contributed by atoms with Gasteiger partial charge in [0.15, 0.2) is 0 Å². The van der Waals surface area contributed by atoms with Crippen LogP contribution in [0.5, 0.6) is 5.75 Å². The highest BCUT2D eigenvalue weighted by molar-refractivity contribution is 9.10. The number of rotatable bonds is 7. The highest BCUT2D eigenvalue weighted by Gasteiger charge is 2.19. The number of aryl methyl sites for hydroxylation is 1. The minimum absolute atomic E-state index is 0.134. The van der Waals surface area contributed by atoms with Gasteiger partial charge >= 0.3 is 0 Å². The summed E-state index contributed by atoms with van der Waals surface area (Å²) in [5.41, 5.74) is 1.21. The van der Waals surface area contributed by atoms with Crippen LogP contribution in [-0.4, -0.2) is 27.8 Å². The van der Waals surface area contributed by atoms with Gasteiger partial charge in [-0.3, -0.25) is 0 Å². The van der Waals surface area contributed by atoms with E-state index in [9.17, 15) is 8.42 Å². The van der Waals surface area contributed by atoms with Crippen LogP contribution in [0.3, 0.4) is 0 Å². The van der Waals surface area contributed by atoms with Gasteiger partial charge in [-0.15, -0.1) is 11.8 Å². The molecular weight excluding hydrogens is 398 g/mol. The van der Waals surface area contributed by atoms with Crippen molar-refractivity contribution in [2.45, 2.75) is 16.7 Å². The summed E-state index contributed by atoms with van der Waals surface area (Å²) in [7, 11) is -2.15. The monoisotopic (exact) mass is 415 g/mol. The summed E-state index contributed by atoms with van der Waals surface area (Å²) < 4.78 is 33.2. The molecule has 0 fully saturated rings. The van der Waals surface area contributed by atoms with E-state index in [2.05, 4.69) is 20.7 Å². The average Bonchev–Trinajstić information content (AvgIpc) is 2.53. The molecule has 0 saturated carbocycles. The second-order valence-electron chi connectivity index (χ2n) is 4.85. The highest BCUT2D eigenvalue weighted by atomic mass is 79.9. The number of ether oxygens (including phenoxy) is 1. The largest absolute Gasteiger partial charge is 0.495 e. The molecule has 2 aromatic carbocycles. The van der Waals surface area contributed by atoms with Crippen LogP contribution in [0.2, 0.25) is 0 Å². The molecule has 2 rings (SSSR count). The number of benzene rings is 2. The molecule has 1 N–H and O–H groups in total. The fourth-order valence-electron chi connectivity index (χ4n) is 1.92. The predicted octanol–water partition coefficient (Wildman–Crippen LogP) is 3.84. The number of methoxy groups -OCH3 is 1. The van der Waals surface area contributed by atoms with Gasteiger partial charge in [-0.25, -0.2) is 13.1 Å². The third-order valence-corrected chi connectivity index (χ3v) is 6.09. The van der Waals surface area contributed by atoms with E-state index in [1.54, 1.807) is 23.9 Å². The lowest BCUT2D eigenvalue weighted by Crippen LogP contribution is -2.26. The van der Waals surface area contributed by atoms with Gasteiger partial charge in [-0.2, -0.15) is 0 Å². The van der Waals surface area contributed by atoms with Crippen molar-refractivity contribution in [3.63, 3.8) is 0 Å². The molecule has 0 atom stereocenters. The summed E-state index contributed by atoms with van der Waals surface area (Å²) in [6.07, 6.45) is 0. The van der Waals surface area contributed by atoms with E-state index in [4.69, 9.17) is 4.74 Å². The van der Waals surface area contributed by atoms with Crippen LogP contribution in [0, 0.1) is 6.92 Å². The zero-order valence-corrected chi connectivity index (χ0v) is 16.1. The van der Waals surface area contributed by atoms with Crippen molar-refractivity contribution in [1.29, 1.82) is 0 Å². The molecule has 0 bridgehead atoms. The molecule has 0 heterocycles. The summed E-state index contributed by atoms with van der Waals surface area (Å²) in [5, 5.41) is 0. The first-order chi connectivity index (χ1) is 10.9. The van der Waals surface area contributed by atoms with E-state index in [1.807, 2.05) is 31.2 Å². The normalized spacial score (nSPS) is 11.4. The maximum atomic E-state index is 12.4. The number of thioether (sulfide) groups is 1. The third-order valence-electron chi connectivity index (χ3n) is 3.10. The van der Waals surface area contributed by atoms with Gasteiger partial charge < -0.3 is 4.74 Å². The minimum Gasteiger partial charge on any atom is -0.495 e. The van der Waals surface area contributed by atoms with E-state index >= 15 is 0 Å². The van der Waals surface area contributed by atoms with Crippen LogP contribution in [-0.2, 0) is 10.0 Å². The molecule has 0 aromatic heterocycles. The molecule has 0 saturated heterocycles. The molecule has 0 amide bonds. The molecular formula is C16H18BrNO3S2. The first-order valence-electron chi connectivity index (χ1n) is 6.95. The zero-order valence-electron chi connectivity index (χ0n) is 12.9. The van der Waals surface area contributed by atoms with Crippen LogP contribution < -0.4 is 9.46 Å². The van der Waals surface area contributed by atoms with Gasteiger partial charge in [-0.1, -0.05) is 33.6 Å². The maximum Gasteiger partial charge on any atom is 0.244 e. The molecule has 0 aliphatic carbocycles. The van der Waals surface area contributed by atoms with Gasteiger partial charge in [0, 0.05) is 21.7 Å².